The number of hydrogen-bond donors (Lipinski definition) is 1. The Hall–Kier alpha value is -0.300. The molecule has 84 valence electrons. The zero-order valence-corrected chi connectivity index (χ0v) is 11.9. The van der Waals surface area contributed by atoms with Crippen molar-refractivity contribution in [2.24, 2.45) is 0 Å². The van der Waals surface area contributed by atoms with Crippen molar-refractivity contribution >= 4 is 38.3 Å². The van der Waals surface area contributed by atoms with E-state index >= 15 is 0 Å². The third-order valence-corrected chi connectivity index (χ3v) is 4.97. The number of benzene rings is 1. The molecule has 0 saturated carbocycles. The second-order valence-electron chi connectivity index (χ2n) is 4.20. The molecule has 0 spiro atoms. The van der Waals surface area contributed by atoms with E-state index in [9.17, 15) is 8.42 Å². The van der Waals surface area contributed by atoms with Gasteiger partial charge in [-0.15, -0.1) is 0 Å². The quantitative estimate of drug-likeness (QED) is 0.843. The van der Waals surface area contributed by atoms with E-state index < -0.39 is 14.8 Å². The first-order chi connectivity index (χ1) is 6.74. The molecular formula is C10H14INO2S. The van der Waals surface area contributed by atoms with Gasteiger partial charge >= 0.3 is 0 Å². The van der Waals surface area contributed by atoms with Crippen LogP contribution < -0.4 is 4.72 Å². The van der Waals surface area contributed by atoms with Gasteiger partial charge in [-0.2, -0.15) is 0 Å². The van der Waals surface area contributed by atoms with Crippen LogP contribution in [0.2, 0.25) is 0 Å². The fraction of sp³-hybridized carbons (Fsp3) is 0.400. The first-order valence-corrected chi connectivity index (χ1v) is 7.07. The molecular weight excluding hydrogens is 325 g/mol. The molecule has 3 nitrogen and oxygen atoms in total. The number of hydrogen-bond acceptors (Lipinski definition) is 2. The predicted octanol–water partition coefficient (Wildman–Crippen LogP) is 2.83. The van der Waals surface area contributed by atoms with Crippen LogP contribution in [0.1, 0.15) is 20.8 Å². The molecule has 0 amide bonds. The van der Waals surface area contributed by atoms with Crippen LogP contribution in [0.3, 0.4) is 0 Å². The fourth-order valence-corrected chi connectivity index (χ4v) is 2.32. The summed E-state index contributed by atoms with van der Waals surface area (Å²) in [6, 6.07) is 7.30. The van der Waals surface area contributed by atoms with E-state index in [0.29, 0.717) is 5.69 Å². The summed E-state index contributed by atoms with van der Waals surface area (Å²) in [6.07, 6.45) is 0. The Labute approximate surface area is 104 Å². The Morgan fingerprint density at radius 2 is 1.73 bits per heavy atom. The molecule has 1 aromatic rings. The van der Waals surface area contributed by atoms with Gasteiger partial charge in [-0.05, 0) is 55.5 Å². The first-order valence-electron chi connectivity index (χ1n) is 4.51. The Kier molecular flexibility index (Phi) is 3.65. The molecule has 0 unspecified atom stereocenters. The predicted molar refractivity (Wildman–Crippen MR) is 71.5 cm³/mol. The highest BCUT2D eigenvalue weighted by molar-refractivity contribution is 14.1. The molecule has 0 aromatic heterocycles. The largest absolute Gasteiger partial charge is 0.282 e. The Bertz CT molecular complexity index is 449. The van der Waals surface area contributed by atoms with Crippen molar-refractivity contribution in [3.8, 4) is 0 Å². The van der Waals surface area contributed by atoms with E-state index in [2.05, 4.69) is 27.3 Å². The zero-order valence-electron chi connectivity index (χ0n) is 8.91. The standard InChI is InChI=1S/C10H14INO2S/c1-10(2,3)15(13,14)12-9-7-5-4-6-8(9)11/h4-7,12H,1-3H3. The lowest BCUT2D eigenvalue weighted by Crippen LogP contribution is -2.33. The summed E-state index contributed by atoms with van der Waals surface area (Å²) < 4.78 is 26.4. The van der Waals surface area contributed by atoms with Gasteiger partial charge in [0.2, 0.25) is 10.0 Å². The van der Waals surface area contributed by atoms with Crippen molar-refractivity contribution in [1.82, 2.24) is 0 Å². The maximum Gasteiger partial charge on any atom is 0.237 e. The van der Waals surface area contributed by atoms with Crippen molar-refractivity contribution in [1.29, 1.82) is 0 Å². The van der Waals surface area contributed by atoms with E-state index in [0.717, 1.165) is 3.57 Å². The van der Waals surface area contributed by atoms with Gasteiger partial charge < -0.3 is 0 Å². The van der Waals surface area contributed by atoms with Gasteiger partial charge in [0.1, 0.15) is 0 Å². The van der Waals surface area contributed by atoms with Gasteiger partial charge in [0.25, 0.3) is 0 Å². The van der Waals surface area contributed by atoms with Gasteiger partial charge in [0.15, 0.2) is 0 Å². The number of nitrogens with one attached hydrogen (secondary N) is 1. The number of para-hydroxylation sites is 1. The van der Waals surface area contributed by atoms with Crippen LogP contribution in [0.15, 0.2) is 24.3 Å². The van der Waals surface area contributed by atoms with Crippen LogP contribution >= 0.6 is 22.6 Å². The van der Waals surface area contributed by atoms with Crippen molar-refractivity contribution in [2.75, 3.05) is 4.72 Å². The molecule has 0 fully saturated rings. The maximum absolute atomic E-state index is 11.9. The molecule has 15 heavy (non-hydrogen) atoms. The van der Waals surface area contributed by atoms with Crippen molar-refractivity contribution < 1.29 is 8.42 Å². The molecule has 0 aliphatic heterocycles. The summed E-state index contributed by atoms with van der Waals surface area (Å²) >= 11 is 2.10. The van der Waals surface area contributed by atoms with E-state index in [4.69, 9.17) is 0 Å². The van der Waals surface area contributed by atoms with Gasteiger partial charge in [-0.3, -0.25) is 4.72 Å². The Morgan fingerprint density at radius 1 is 1.20 bits per heavy atom. The van der Waals surface area contributed by atoms with Crippen LogP contribution in [0, 0.1) is 3.57 Å². The number of halogens is 1. The van der Waals surface area contributed by atoms with E-state index in [1.165, 1.54) is 0 Å². The Balaban J connectivity index is 3.03. The van der Waals surface area contributed by atoms with E-state index in [1.807, 2.05) is 18.2 Å². The van der Waals surface area contributed by atoms with Gasteiger partial charge in [-0.25, -0.2) is 8.42 Å². The normalized spacial score (nSPS) is 12.5. The lowest BCUT2D eigenvalue weighted by atomic mass is 10.3. The second kappa shape index (κ2) is 4.29. The summed E-state index contributed by atoms with van der Waals surface area (Å²) in [6.45, 7) is 5.02. The molecule has 0 aliphatic carbocycles. The summed E-state index contributed by atoms with van der Waals surface area (Å²) in [4.78, 5) is 0. The molecule has 1 rings (SSSR count). The van der Waals surface area contributed by atoms with Crippen LogP contribution in [0.5, 0.6) is 0 Å². The second-order valence-corrected chi connectivity index (χ2v) is 7.80. The highest BCUT2D eigenvalue weighted by Gasteiger charge is 2.29. The topological polar surface area (TPSA) is 46.2 Å². The SMILES string of the molecule is CC(C)(C)S(=O)(=O)Nc1ccccc1I. The average molecular weight is 339 g/mol. The zero-order chi connectivity index (χ0) is 11.7. The summed E-state index contributed by atoms with van der Waals surface area (Å²) in [7, 11) is -3.33. The van der Waals surface area contributed by atoms with Gasteiger partial charge in [-0.1, -0.05) is 12.1 Å². The summed E-state index contributed by atoms with van der Waals surface area (Å²) in [5.41, 5.74) is 0.632. The lowest BCUT2D eigenvalue weighted by Gasteiger charge is -2.20. The van der Waals surface area contributed by atoms with Crippen molar-refractivity contribution in [2.45, 2.75) is 25.5 Å². The molecule has 0 saturated heterocycles. The van der Waals surface area contributed by atoms with Gasteiger partial charge in [0.05, 0.1) is 10.4 Å². The highest BCUT2D eigenvalue weighted by Crippen LogP contribution is 2.23. The number of anilines is 1. The number of rotatable bonds is 2. The van der Waals surface area contributed by atoms with Crippen LogP contribution in [0.4, 0.5) is 5.69 Å². The van der Waals surface area contributed by atoms with Crippen molar-refractivity contribution in [3.63, 3.8) is 0 Å². The highest BCUT2D eigenvalue weighted by atomic mass is 127. The average Bonchev–Trinajstić information content (AvgIpc) is 2.06. The van der Waals surface area contributed by atoms with Crippen LogP contribution in [0.25, 0.3) is 0 Å². The minimum absolute atomic E-state index is 0.632. The van der Waals surface area contributed by atoms with E-state index in [-0.39, 0.29) is 0 Å². The monoisotopic (exact) mass is 339 g/mol. The molecule has 0 atom stereocenters. The lowest BCUT2D eigenvalue weighted by molar-refractivity contribution is 0.566. The van der Waals surface area contributed by atoms with E-state index in [1.54, 1.807) is 26.8 Å². The smallest absolute Gasteiger partial charge is 0.237 e. The van der Waals surface area contributed by atoms with Crippen LogP contribution in [-0.2, 0) is 10.0 Å². The summed E-state index contributed by atoms with van der Waals surface area (Å²) in [5.74, 6) is 0. The maximum atomic E-state index is 11.9. The Morgan fingerprint density at radius 3 is 2.20 bits per heavy atom. The minimum Gasteiger partial charge on any atom is -0.282 e. The molecule has 0 aliphatic rings. The summed E-state index contributed by atoms with van der Waals surface area (Å²) in [5, 5.41) is 0. The molecule has 5 heteroatoms. The molecule has 1 aromatic carbocycles. The molecule has 1 N–H and O–H groups in total. The fourth-order valence-electron chi connectivity index (χ4n) is 0.842. The molecule has 0 bridgehead atoms. The molecule has 0 heterocycles. The third kappa shape index (κ3) is 3.07. The van der Waals surface area contributed by atoms with Crippen LogP contribution in [-0.4, -0.2) is 13.2 Å². The number of sulfonamides is 1. The van der Waals surface area contributed by atoms with Crippen molar-refractivity contribution in [3.05, 3.63) is 27.8 Å². The van der Waals surface area contributed by atoms with Gasteiger partial charge in [0, 0.05) is 3.57 Å². The first kappa shape index (κ1) is 12.8. The molecule has 0 radical (unpaired) electrons. The minimum atomic E-state index is -3.33. The third-order valence-electron chi connectivity index (χ3n) is 1.92.